The van der Waals surface area contributed by atoms with E-state index in [4.69, 9.17) is 4.74 Å². The minimum Gasteiger partial charge on any atom is -0.481 e. The summed E-state index contributed by atoms with van der Waals surface area (Å²) >= 11 is 1.25. The second-order valence-electron chi connectivity index (χ2n) is 3.38. The second kappa shape index (κ2) is 3.66. The maximum absolute atomic E-state index is 11.7. The molecular weight excluding hydrogens is 214 g/mol. The minimum absolute atomic E-state index is 0.0260. The molecule has 1 amide bonds. The zero-order valence-electron chi connectivity index (χ0n) is 8.55. The summed E-state index contributed by atoms with van der Waals surface area (Å²) in [6, 6.07) is 0. The number of thiophene rings is 1. The van der Waals surface area contributed by atoms with Crippen molar-refractivity contribution in [1.82, 2.24) is 5.32 Å². The Morgan fingerprint density at radius 2 is 2.27 bits per heavy atom. The minimum atomic E-state index is -0.149. The van der Waals surface area contributed by atoms with E-state index in [1.165, 1.54) is 18.3 Å². The van der Waals surface area contributed by atoms with Crippen LogP contribution in [0, 0.1) is 6.92 Å². The number of fused-ring (bicyclic) bond motifs is 1. The number of hydrogen-bond donors (Lipinski definition) is 1. The fourth-order valence-electron chi connectivity index (χ4n) is 1.58. The molecule has 0 saturated carbocycles. The molecule has 1 N–H and O–H groups in total. The summed E-state index contributed by atoms with van der Waals surface area (Å²) in [7, 11) is 0. The number of nitrogens with one attached hydrogen (secondary N) is 1. The molecule has 0 aliphatic carbocycles. The Morgan fingerprint density at radius 1 is 1.53 bits per heavy atom. The van der Waals surface area contributed by atoms with E-state index in [9.17, 15) is 9.59 Å². The third kappa shape index (κ3) is 1.63. The van der Waals surface area contributed by atoms with Gasteiger partial charge in [0.15, 0.2) is 10.8 Å². The van der Waals surface area contributed by atoms with Crippen LogP contribution in [0.3, 0.4) is 0 Å². The first-order valence-corrected chi connectivity index (χ1v) is 5.48. The highest BCUT2D eigenvalue weighted by atomic mass is 32.1. The van der Waals surface area contributed by atoms with E-state index in [0.717, 1.165) is 5.56 Å². The van der Waals surface area contributed by atoms with Crippen LogP contribution < -0.4 is 10.1 Å². The van der Waals surface area contributed by atoms with Crippen molar-refractivity contribution in [3.8, 4) is 5.06 Å². The molecule has 15 heavy (non-hydrogen) atoms. The molecule has 1 aromatic rings. The number of carbonyl (C=O) groups excluding carboxylic acids is 2. The Labute approximate surface area is 91.2 Å². The van der Waals surface area contributed by atoms with E-state index in [1.54, 1.807) is 6.92 Å². The van der Waals surface area contributed by atoms with Crippen LogP contribution in [0.4, 0.5) is 0 Å². The fraction of sp³-hybridized carbons (Fsp3) is 0.400. The summed E-state index contributed by atoms with van der Waals surface area (Å²) in [5, 5.41) is 3.29. The van der Waals surface area contributed by atoms with Crippen molar-refractivity contribution < 1.29 is 14.3 Å². The van der Waals surface area contributed by atoms with Crippen molar-refractivity contribution in [2.45, 2.75) is 13.8 Å². The van der Waals surface area contributed by atoms with Crippen molar-refractivity contribution in [2.75, 3.05) is 13.2 Å². The smallest absolute Gasteiger partial charge is 0.256 e. The van der Waals surface area contributed by atoms with Gasteiger partial charge in [0.05, 0.1) is 17.0 Å². The Balaban J connectivity index is 2.56. The van der Waals surface area contributed by atoms with Crippen molar-refractivity contribution >= 4 is 23.0 Å². The van der Waals surface area contributed by atoms with Crippen molar-refractivity contribution in [3.63, 3.8) is 0 Å². The topological polar surface area (TPSA) is 55.4 Å². The van der Waals surface area contributed by atoms with Gasteiger partial charge in [0.2, 0.25) is 0 Å². The van der Waals surface area contributed by atoms with Crippen LogP contribution in [-0.2, 0) is 0 Å². The Hall–Kier alpha value is -1.36. The quantitative estimate of drug-likeness (QED) is 0.735. The van der Waals surface area contributed by atoms with Gasteiger partial charge >= 0.3 is 0 Å². The van der Waals surface area contributed by atoms with E-state index in [1.807, 2.05) is 0 Å². The van der Waals surface area contributed by atoms with Gasteiger partial charge in [-0.05, 0) is 19.4 Å². The van der Waals surface area contributed by atoms with Gasteiger partial charge in [-0.2, -0.15) is 0 Å². The van der Waals surface area contributed by atoms with Gasteiger partial charge < -0.3 is 10.1 Å². The van der Waals surface area contributed by atoms with Crippen LogP contribution in [0.25, 0.3) is 0 Å². The molecule has 0 atom stereocenters. The van der Waals surface area contributed by atoms with Gasteiger partial charge in [0.1, 0.15) is 6.61 Å². The molecule has 2 heterocycles. The summed E-state index contributed by atoms with van der Waals surface area (Å²) in [4.78, 5) is 23.6. The van der Waals surface area contributed by atoms with Gasteiger partial charge in [0, 0.05) is 0 Å². The molecule has 1 aromatic heterocycles. The van der Waals surface area contributed by atoms with Gasteiger partial charge in [-0.15, -0.1) is 0 Å². The maximum Gasteiger partial charge on any atom is 0.256 e. The van der Waals surface area contributed by atoms with E-state index < -0.39 is 0 Å². The zero-order chi connectivity index (χ0) is 11.0. The molecule has 0 spiro atoms. The molecular formula is C10H11NO3S. The van der Waals surface area contributed by atoms with Crippen LogP contribution >= 0.6 is 11.3 Å². The van der Waals surface area contributed by atoms with Crippen LogP contribution in [0.5, 0.6) is 5.06 Å². The molecule has 0 saturated heterocycles. The maximum atomic E-state index is 11.7. The molecule has 1 aliphatic heterocycles. The highest BCUT2D eigenvalue weighted by Crippen LogP contribution is 2.36. The van der Waals surface area contributed by atoms with Crippen LogP contribution in [0.1, 0.15) is 32.5 Å². The number of ketones is 1. The van der Waals surface area contributed by atoms with Crippen LogP contribution in [-0.4, -0.2) is 24.8 Å². The lowest BCUT2D eigenvalue weighted by molar-refractivity contribution is 0.0956. The second-order valence-corrected chi connectivity index (χ2v) is 4.36. The number of hydrogen-bond acceptors (Lipinski definition) is 4. The molecule has 5 heteroatoms. The first-order valence-electron chi connectivity index (χ1n) is 4.66. The summed E-state index contributed by atoms with van der Waals surface area (Å²) in [6.07, 6.45) is 0. The molecule has 1 aliphatic rings. The molecule has 0 fully saturated rings. The van der Waals surface area contributed by atoms with Gasteiger partial charge in [-0.3, -0.25) is 9.59 Å². The normalized spacial score (nSPS) is 14.9. The highest BCUT2D eigenvalue weighted by Gasteiger charge is 2.25. The third-order valence-corrected chi connectivity index (χ3v) is 3.59. The first kappa shape index (κ1) is 10.2. The Kier molecular flexibility index (Phi) is 2.48. The predicted molar refractivity (Wildman–Crippen MR) is 56.9 cm³/mol. The van der Waals surface area contributed by atoms with E-state index in [0.29, 0.717) is 28.7 Å². The van der Waals surface area contributed by atoms with Crippen molar-refractivity contribution in [1.29, 1.82) is 0 Å². The van der Waals surface area contributed by atoms with Crippen molar-refractivity contribution in [2.24, 2.45) is 0 Å². The van der Waals surface area contributed by atoms with Crippen molar-refractivity contribution in [3.05, 3.63) is 16.0 Å². The summed E-state index contributed by atoms with van der Waals surface area (Å²) in [6.45, 7) is 4.24. The average Bonchev–Trinajstić information content (AvgIpc) is 2.38. The largest absolute Gasteiger partial charge is 0.481 e. The van der Waals surface area contributed by atoms with E-state index in [-0.39, 0.29) is 11.7 Å². The lowest BCUT2D eigenvalue weighted by Crippen LogP contribution is -2.25. The lowest BCUT2D eigenvalue weighted by Gasteiger charge is -1.98. The SMILES string of the molecule is CC(=O)c1sc2c(c1C)C(=O)NCCO2. The fourth-order valence-corrected chi connectivity index (χ4v) is 2.66. The Bertz CT molecular complexity index is 436. The molecule has 0 unspecified atom stereocenters. The first-order chi connectivity index (χ1) is 7.11. The number of rotatable bonds is 1. The summed E-state index contributed by atoms with van der Waals surface area (Å²) in [5.41, 5.74) is 1.24. The predicted octanol–water partition coefficient (Wildman–Crippen LogP) is 1.38. The van der Waals surface area contributed by atoms with Gasteiger partial charge in [0.25, 0.3) is 5.91 Å². The molecule has 2 rings (SSSR count). The summed E-state index contributed by atoms with van der Waals surface area (Å²) < 4.78 is 5.41. The molecule has 0 aromatic carbocycles. The summed E-state index contributed by atoms with van der Waals surface area (Å²) in [5.74, 6) is -0.175. The molecule has 0 radical (unpaired) electrons. The van der Waals surface area contributed by atoms with E-state index in [2.05, 4.69) is 5.32 Å². The molecule has 4 nitrogen and oxygen atoms in total. The van der Waals surface area contributed by atoms with Gasteiger partial charge in [-0.1, -0.05) is 11.3 Å². The Morgan fingerprint density at radius 3 is 2.93 bits per heavy atom. The monoisotopic (exact) mass is 225 g/mol. The number of amides is 1. The van der Waals surface area contributed by atoms with E-state index >= 15 is 0 Å². The number of carbonyl (C=O) groups is 2. The van der Waals surface area contributed by atoms with Gasteiger partial charge in [-0.25, -0.2) is 0 Å². The third-order valence-electron chi connectivity index (χ3n) is 2.28. The van der Waals surface area contributed by atoms with Crippen LogP contribution in [0.15, 0.2) is 0 Å². The molecule has 80 valence electrons. The number of Topliss-reactive ketones (excluding diaryl/α,β-unsaturated/α-hetero) is 1. The molecule has 0 bridgehead atoms. The number of ether oxygens (including phenoxy) is 1. The van der Waals surface area contributed by atoms with Crippen LogP contribution in [0.2, 0.25) is 0 Å². The standard InChI is InChI=1S/C10H11NO3S/c1-5-7-9(13)11-3-4-14-10(7)15-8(5)6(2)12/h3-4H2,1-2H3,(H,11,13). The zero-order valence-corrected chi connectivity index (χ0v) is 9.36. The lowest BCUT2D eigenvalue weighted by atomic mass is 10.1. The highest BCUT2D eigenvalue weighted by molar-refractivity contribution is 7.16. The average molecular weight is 225 g/mol.